The van der Waals surface area contributed by atoms with Crippen molar-refractivity contribution in [2.45, 2.75) is 19.3 Å². The molecule has 2 rings (SSSR count). The summed E-state index contributed by atoms with van der Waals surface area (Å²) in [4.78, 5) is 25.0. The van der Waals surface area contributed by atoms with E-state index in [1.165, 1.54) is 0 Å². The van der Waals surface area contributed by atoms with Gasteiger partial charge in [0.25, 0.3) is 0 Å². The molecule has 0 spiro atoms. The predicted molar refractivity (Wildman–Crippen MR) is 68.2 cm³/mol. The molecule has 0 radical (unpaired) electrons. The van der Waals surface area contributed by atoms with E-state index < -0.39 is 0 Å². The first-order chi connectivity index (χ1) is 8.65. The summed E-state index contributed by atoms with van der Waals surface area (Å²) in [5, 5.41) is 2.94. The van der Waals surface area contributed by atoms with Crippen molar-refractivity contribution in [3.8, 4) is 0 Å². The Hall–Kier alpha value is -1.63. The summed E-state index contributed by atoms with van der Waals surface area (Å²) in [6, 6.07) is 0. The average molecular weight is 271 g/mol. The average Bonchev–Trinajstić information content (AvgIpc) is 2.80. The lowest BCUT2D eigenvalue weighted by Crippen LogP contribution is -2.29. The number of hydrogen-bond donors (Lipinski definition) is 2. The van der Waals surface area contributed by atoms with Crippen LogP contribution in [0.1, 0.15) is 19.3 Å². The van der Waals surface area contributed by atoms with E-state index in [1.807, 2.05) is 4.90 Å². The Morgan fingerprint density at radius 2 is 2.06 bits per heavy atom. The number of nitrogens with one attached hydrogen (secondary N) is 1. The Labute approximate surface area is 110 Å². The van der Waals surface area contributed by atoms with Crippen LogP contribution in [0.15, 0.2) is 0 Å². The number of nitrogen functional groups attached to an aromatic ring is 1. The van der Waals surface area contributed by atoms with Crippen molar-refractivity contribution in [3.63, 3.8) is 0 Å². The molecule has 0 aromatic carbocycles. The number of carbonyl (C=O) groups is 1. The number of amides is 1. The zero-order valence-corrected chi connectivity index (χ0v) is 10.7. The standard InChI is InChI=1S/C10H15ClN6O/c11-8-14-9(12)16-10(15-8)13-4-3-7(18)17-5-1-2-6-17/h1-6H2,(H3,12,13,14,15,16). The van der Waals surface area contributed by atoms with Crippen LogP contribution in [0.3, 0.4) is 0 Å². The molecule has 18 heavy (non-hydrogen) atoms. The van der Waals surface area contributed by atoms with E-state index in [0.29, 0.717) is 18.9 Å². The summed E-state index contributed by atoms with van der Waals surface area (Å²) in [5.41, 5.74) is 5.43. The summed E-state index contributed by atoms with van der Waals surface area (Å²) >= 11 is 5.64. The molecule has 1 amide bonds. The van der Waals surface area contributed by atoms with E-state index in [9.17, 15) is 4.79 Å². The number of hydrogen-bond acceptors (Lipinski definition) is 6. The van der Waals surface area contributed by atoms with Gasteiger partial charge in [-0.25, -0.2) is 0 Å². The Morgan fingerprint density at radius 1 is 1.33 bits per heavy atom. The minimum absolute atomic E-state index is 0.0378. The van der Waals surface area contributed by atoms with E-state index in [-0.39, 0.29) is 17.1 Å². The highest BCUT2D eigenvalue weighted by molar-refractivity contribution is 6.28. The number of aromatic nitrogens is 3. The molecule has 0 bridgehead atoms. The van der Waals surface area contributed by atoms with Gasteiger partial charge in [-0.2, -0.15) is 15.0 Å². The third-order valence-electron chi connectivity index (χ3n) is 2.71. The predicted octanol–water partition coefficient (Wildman–Crippen LogP) is 0.532. The normalized spacial score (nSPS) is 14.8. The zero-order chi connectivity index (χ0) is 13.0. The quantitative estimate of drug-likeness (QED) is 0.828. The fraction of sp³-hybridized carbons (Fsp3) is 0.600. The van der Waals surface area contributed by atoms with Crippen molar-refractivity contribution in [3.05, 3.63) is 5.28 Å². The van der Waals surface area contributed by atoms with Gasteiger partial charge >= 0.3 is 0 Å². The molecule has 1 aromatic rings. The van der Waals surface area contributed by atoms with Crippen LogP contribution in [-0.4, -0.2) is 45.4 Å². The first-order valence-corrected chi connectivity index (χ1v) is 6.21. The smallest absolute Gasteiger partial charge is 0.228 e. The number of likely N-dealkylation sites (tertiary alicyclic amines) is 1. The van der Waals surface area contributed by atoms with E-state index in [1.54, 1.807) is 0 Å². The lowest BCUT2D eigenvalue weighted by Gasteiger charge is -2.15. The van der Waals surface area contributed by atoms with Crippen LogP contribution in [-0.2, 0) is 4.79 Å². The van der Waals surface area contributed by atoms with Crippen LogP contribution in [0.25, 0.3) is 0 Å². The molecule has 1 aliphatic rings. The minimum atomic E-state index is 0.0378. The van der Waals surface area contributed by atoms with Crippen molar-refractivity contribution in [2.24, 2.45) is 0 Å². The lowest BCUT2D eigenvalue weighted by molar-refractivity contribution is -0.129. The minimum Gasteiger partial charge on any atom is -0.368 e. The molecular weight excluding hydrogens is 256 g/mol. The SMILES string of the molecule is Nc1nc(Cl)nc(NCCC(=O)N2CCCC2)n1. The molecule has 2 heterocycles. The van der Waals surface area contributed by atoms with Crippen LogP contribution in [0, 0.1) is 0 Å². The maximum atomic E-state index is 11.8. The van der Waals surface area contributed by atoms with Gasteiger partial charge < -0.3 is 16.0 Å². The Bertz CT molecular complexity index is 414. The summed E-state index contributed by atoms with van der Waals surface area (Å²) in [7, 11) is 0. The van der Waals surface area contributed by atoms with Crippen molar-refractivity contribution in [1.29, 1.82) is 0 Å². The fourth-order valence-electron chi connectivity index (χ4n) is 1.85. The number of anilines is 2. The molecule has 0 aliphatic carbocycles. The number of carbonyl (C=O) groups excluding carboxylic acids is 1. The molecule has 1 saturated heterocycles. The van der Waals surface area contributed by atoms with Crippen molar-refractivity contribution < 1.29 is 4.79 Å². The third-order valence-corrected chi connectivity index (χ3v) is 2.88. The zero-order valence-electron chi connectivity index (χ0n) is 9.90. The Morgan fingerprint density at radius 3 is 2.72 bits per heavy atom. The van der Waals surface area contributed by atoms with Crippen LogP contribution < -0.4 is 11.1 Å². The molecule has 0 unspecified atom stereocenters. The first-order valence-electron chi connectivity index (χ1n) is 5.84. The number of rotatable bonds is 4. The second kappa shape index (κ2) is 5.81. The monoisotopic (exact) mass is 270 g/mol. The molecular formula is C10H15ClN6O. The van der Waals surface area contributed by atoms with Crippen LogP contribution in [0.4, 0.5) is 11.9 Å². The summed E-state index contributed by atoms with van der Waals surface area (Å²) < 4.78 is 0. The highest BCUT2D eigenvalue weighted by Gasteiger charge is 2.17. The molecule has 1 fully saturated rings. The molecule has 0 atom stereocenters. The van der Waals surface area contributed by atoms with Gasteiger partial charge in [-0.05, 0) is 24.4 Å². The van der Waals surface area contributed by atoms with Gasteiger partial charge in [0.2, 0.25) is 23.1 Å². The van der Waals surface area contributed by atoms with Gasteiger partial charge in [0.05, 0.1) is 0 Å². The second-order valence-electron chi connectivity index (χ2n) is 4.05. The van der Waals surface area contributed by atoms with Gasteiger partial charge in [0.1, 0.15) is 0 Å². The molecule has 1 aliphatic heterocycles. The summed E-state index contributed by atoms with van der Waals surface area (Å²) in [6.07, 6.45) is 2.60. The van der Waals surface area contributed by atoms with E-state index in [4.69, 9.17) is 17.3 Å². The first kappa shape index (κ1) is 12.8. The van der Waals surface area contributed by atoms with E-state index in [0.717, 1.165) is 25.9 Å². The molecule has 3 N–H and O–H groups in total. The van der Waals surface area contributed by atoms with Crippen molar-refractivity contribution in [1.82, 2.24) is 19.9 Å². The largest absolute Gasteiger partial charge is 0.368 e. The highest BCUT2D eigenvalue weighted by Crippen LogP contribution is 2.10. The fourth-order valence-corrected chi connectivity index (χ4v) is 2.02. The lowest BCUT2D eigenvalue weighted by atomic mass is 10.3. The highest BCUT2D eigenvalue weighted by atomic mass is 35.5. The maximum Gasteiger partial charge on any atom is 0.228 e. The van der Waals surface area contributed by atoms with Gasteiger partial charge in [0.15, 0.2) is 0 Å². The molecule has 8 heteroatoms. The second-order valence-corrected chi connectivity index (χ2v) is 4.39. The van der Waals surface area contributed by atoms with Gasteiger partial charge in [0, 0.05) is 26.1 Å². The van der Waals surface area contributed by atoms with Gasteiger partial charge in [-0.15, -0.1) is 0 Å². The van der Waals surface area contributed by atoms with Crippen LogP contribution in [0.5, 0.6) is 0 Å². The topological polar surface area (TPSA) is 97.0 Å². The van der Waals surface area contributed by atoms with Gasteiger partial charge in [-0.3, -0.25) is 4.79 Å². The number of halogens is 1. The Kier molecular flexibility index (Phi) is 4.14. The molecule has 0 saturated carbocycles. The Balaban J connectivity index is 1.79. The summed E-state index contributed by atoms with van der Waals surface area (Å²) in [6.45, 7) is 2.18. The maximum absolute atomic E-state index is 11.8. The molecule has 7 nitrogen and oxygen atoms in total. The van der Waals surface area contributed by atoms with Crippen molar-refractivity contribution in [2.75, 3.05) is 30.7 Å². The molecule has 1 aromatic heterocycles. The van der Waals surface area contributed by atoms with E-state index in [2.05, 4.69) is 20.3 Å². The number of nitrogens with two attached hydrogens (primary N) is 1. The van der Waals surface area contributed by atoms with Gasteiger partial charge in [-0.1, -0.05) is 0 Å². The number of nitrogens with zero attached hydrogens (tertiary/aromatic N) is 4. The van der Waals surface area contributed by atoms with Crippen molar-refractivity contribution >= 4 is 29.4 Å². The van der Waals surface area contributed by atoms with Crippen LogP contribution in [0.2, 0.25) is 5.28 Å². The summed E-state index contributed by atoms with van der Waals surface area (Å²) in [5.74, 6) is 0.498. The third kappa shape index (κ3) is 3.43. The van der Waals surface area contributed by atoms with Crippen LogP contribution >= 0.6 is 11.6 Å². The van der Waals surface area contributed by atoms with E-state index >= 15 is 0 Å². The molecule has 98 valence electrons.